The highest BCUT2D eigenvalue weighted by Gasteiger charge is 2.62. The number of fused-ring (bicyclic) bond motifs is 1. The number of hydrogen-bond acceptors (Lipinski definition) is 17. The van der Waals surface area contributed by atoms with Crippen molar-refractivity contribution >= 4 is 29.3 Å². The molecule has 0 aromatic carbocycles. The molecular formula is C42H62N6O12. The van der Waals surface area contributed by atoms with Gasteiger partial charge >= 0.3 is 11.9 Å². The number of nitrogens with zero attached hydrogens (tertiary/aromatic N) is 5. The Morgan fingerprint density at radius 2 is 1.72 bits per heavy atom. The SMILES string of the molecule is CC[C@@H]1OC(=O)[C@H](C)C(=O)[C@H](C)[C@@H](OC2O[C@H](C)C[C@H](N(C)C)[C@H]2O)[C@](C)(OC)C[C@@H](C)C(=O)[C@H](C)[C@H]2[C@H](/C(N)=N/O[C@@H](C)c3cc(-c4ncccn4)on3)C(=O)O[C@@]21C. The second-order valence-corrected chi connectivity index (χ2v) is 17.2. The summed E-state index contributed by atoms with van der Waals surface area (Å²) in [5, 5.41) is 19.6. The van der Waals surface area contributed by atoms with E-state index in [0.717, 1.165) is 0 Å². The highest BCUT2D eigenvalue weighted by molar-refractivity contribution is 6.03. The molecule has 5 heterocycles. The van der Waals surface area contributed by atoms with Gasteiger partial charge in [-0.15, -0.1) is 0 Å². The maximum absolute atomic E-state index is 14.8. The number of amidine groups is 1. The number of ketones is 2. The first kappa shape index (κ1) is 46.7. The molecule has 18 nitrogen and oxygen atoms in total. The van der Waals surface area contributed by atoms with Crippen molar-refractivity contribution in [3.63, 3.8) is 0 Å². The molecule has 3 N–H and O–H groups in total. The first-order valence-electron chi connectivity index (χ1n) is 20.6. The Balaban J connectivity index is 1.51. The highest BCUT2D eigenvalue weighted by Crippen LogP contribution is 2.48. The van der Waals surface area contributed by atoms with Crippen molar-refractivity contribution < 1.29 is 57.3 Å². The third kappa shape index (κ3) is 9.27. The quantitative estimate of drug-likeness (QED) is 0.114. The number of aromatic nitrogens is 3. The maximum atomic E-state index is 14.8. The molecule has 3 fully saturated rings. The lowest BCUT2D eigenvalue weighted by Crippen LogP contribution is -2.59. The number of nitrogens with two attached hydrogens (primary N) is 1. The molecule has 0 saturated carbocycles. The third-order valence-corrected chi connectivity index (χ3v) is 12.7. The third-order valence-electron chi connectivity index (χ3n) is 12.7. The minimum atomic E-state index is -1.59. The van der Waals surface area contributed by atoms with Gasteiger partial charge < -0.3 is 48.8 Å². The lowest BCUT2D eigenvalue weighted by atomic mass is 9.67. The first-order chi connectivity index (χ1) is 28.2. The van der Waals surface area contributed by atoms with Crippen LogP contribution in [0.1, 0.15) is 93.4 Å². The number of aliphatic hydroxyl groups excluding tert-OH is 1. The van der Waals surface area contributed by atoms with Gasteiger partial charge in [0, 0.05) is 55.3 Å². The van der Waals surface area contributed by atoms with Gasteiger partial charge in [-0.2, -0.15) is 0 Å². The number of rotatable bonds is 10. The Morgan fingerprint density at radius 3 is 2.33 bits per heavy atom. The van der Waals surface area contributed by atoms with Crippen molar-refractivity contribution in [1.82, 2.24) is 20.0 Å². The summed E-state index contributed by atoms with van der Waals surface area (Å²) in [5.41, 5.74) is 3.99. The van der Waals surface area contributed by atoms with Crippen LogP contribution < -0.4 is 5.73 Å². The fraction of sp³-hybridized carbons (Fsp3) is 0.714. The molecule has 0 aliphatic carbocycles. The van der Waals surface area contributed by atoms with Crippen LogP contribution in [0.25, 0.3) is 11.6 Å². The topological polar surface area (TPSA) is 237 Å². The number of methoxy groups -OCH3 is 1. The van der Waals surface area contributed by atoms with Crippen molar-refractivity contribution in [2.45, 2.75) is 136 Å². The number of oxime groups is 1. The van der Waals surface area contributed by atoms with E-state index in [0.29, 0.717) is 23.7 Å². The van der Waals surface area contributed by atoms with E-state index in [-0.39, 0.29) is 36.6 Å². The van der Waals surface area contributed by atoms with Crippen molar-refractivity contribution in [2.75, 3.05) is 21.2 Å². The van der Waals surface area contributed by atoms with E-state index < -0.39 is 95.1 Å². The largest absolute Gasteiger partial charge is 0.458 e. The molecule has 3 aliphatic rings. The number of Topliss-reactive ketones (excluding diaryl/α,β-unsaturated/α-hetero) is 2. The van der Waals surface area contributed by atoms with E-state index in [9.17, 15) is 24.3 Å². The van der Waals surface area contributed by atoms with E-state index >= 15 is 0 Å². The van der Waals surface area contributed by atoms with Gasteiger partial charge in [-0.25, -0.2) is 9.97 Å². The van der Waals surface area contributed by atoms with Crippen molar-refractivity contribution in [1.29, 1.82) is 0 Å². The summed E-state index contributed by atoms with van der Waals surface area (Å²) >= 11 is 0. The van der Waals surface area contributed by atoms with Crippen LogP contribution in [-0.4, -0.2) is 124 Å². The van der Waals surface area contributed by atoms with Crippen molar-refractivity contribution in [3.8, 4) is 11.6 Å². The van der Waals surface area contributed by atoms with Gasteiger partial charge in [-0.3, -0.25) is 19.2 Å². The lowest BCUT2D eigenvalue weighted by molar-refractivity contribution is -0.295. The number of cyclic esters (lactones) is 1. The summed E-state index contributed by atoms with van der Waals surface area (Å²) in [6, 6.07) is 2.94. The van der Waals surface area contributed by atoms with Crippen LogP contribution in [0.2, 0.25) is 0 Å². The number of hydrogen-bond donors (Lipinski definition) is 2. The Labute approximate surface area is 351 Å². The van der Waals surface area contributed by atoms with Gasteiger partial charge in [0.1, 0.15) is 35.5 Å². The minimum Gasteiger partial charge on any atom is -0.458 e. The summed E-state index contributed by atoms with van der Waals surface area (Å²) in [6.45, 7) is 15.1. The summed E-state index contributed by atoms with van der Waals surface area (Å²) in [7, 11) is 5.15. The molecule has 5 rings (SSSR count). The van der Waals surface area contributed by atoms with Gasteiger partial charge in [0.05, 0.1) is 17.8 Å². The summed E-state index contributed by atoms with van der Waals surface area (Å²) in [4.78, 5) is 73.0. The normalized spacial score (nSPS) is 37.9. The fourth-order valence-electron chi connectivity index (χ4n) is 9.21. The van der Waals surface area contributed by atoms with E-state index in [1.165, 1.54) is 14.0 Å². The van der Waals surface area contributed by atoms with Crippen LogP contribution in [0, 0.1) is 35.5 Å². The minimum absolute atomic E-state index is 0.0429. The van der Waals surface area contributed by atoms with Crippen LogP contribution in [0.5, 0.6) is 0 Å². The molecule has 3 aliphatic heterocycles. The molecule has 1 unspecified atom stereocenters. The average molecular weight is 843 g/mol. The van der Waals surface area contributed by atoms with Crippen LogP contribution >= 0.6 is 0 Å². The molecule has 2 aromatic heterocycles. The van der Waals surface area contributed by atoms with E-state index in [2.05, 4.69) is 20.3 Å². The highest BCUT2D eigenvalue weighted by atomic mass is 16.7. The van der Waals surface area contributed by atoms with Gasteiger partial charge in [0.15, 0.2) is 35.4 Å². The molecule has 60 heavy (non-hydrogen) atoms. The van der Waals surface area contributed by atoms with Crippen molar-refractivity contribution in [2.24, 2.45) is 46.4 Å². The zero-order valence-electron chi connectivity index (χ0n) is 36.7. The predicted molar refractivity (Wildman–Crippen MR) is 214 cm³/mol. The predicted octanol–water partition coefficient (Wildman–Crippen LogP) is 3.65. The molecule has 0 spiro atoms. The van der Waals surface area contributed by atoms with Crippen molar-refractivity contribution in [3.05, 3.63) is 30.2 Å². The zero-order valence-corrected chi connectivity index (χ0v) is 36.7. The van der Waals surface area contributed by atoms with Gasteiger partial charge in [-0.05, 0) is 74.0 Å². The van der Waals surface area contributed by atoms with Crippen LogP contribution in [-0.2, 0) is 47.7 Å². The Morgan fingerprint density at radius 1 is 1.05 bits per heavy atom. The monoisotopic (exact) mass is 842 g/mol. The molecule has 332 valence electrons. The van der Waals surface area contributed by atoms with E-state index in [4.69, 9.17) is 38.8 Å². The molecule has 3 saturated heterocycles. The molecular weight excluding hydrogens is 780 g/mol. The number of aliphatic hydroxyl groups is 1. The van der Waals surface area contributed by atoms with Gasteiger partial charge in [-0.1, -0.05) is 38.0 Å². The number of carbonyl (C=O) groups is 4. The summed E-state index contributed by atoms with van der Waals surface area (Å²) < 4.78 is 36.4. The second kappa shape index (κ2) is 18.7. The molecule has 2 aromatic rings. The number of ether oxygens (including phenoxy) is 5. The van der Waals surface area contributed by atoms with Gasteiger partial charge in [0.2, 0.25) is 5.76 Å². The molecule has 18 heteroatoms. The number of likely N-dealkylation sites (N-methyl/N-ethyl adjacent to an activating group) is 1. The molecule has 15 atom stereocenters. The molecule has 0 amide bonds. The van der Waals surface area contributed by atoms with E-state index in [1.807, 2.05) is 25.9 Å². The fourth-order valence-corrected chi connectivity index (χ4v) is 9.21. The smallest absolute Gasteiger partial charge is 0.317 e. The maximum Gasteiger partial charge on any atom is 0.317 e. The van der Waals surface area contributed by atoms with Crippen LogP contribution in [0.4, 0.5) is 0 Å². The Kier molecular flexibility index (Phi) is 14.6. The van der Waals surface area contributed by atoms with Crippen LogP contribution in [0.15, 0.2) is 34.2 Å². The zero-order chi connectivity index (χ0) is 44.4. The molecule has 0 bridgehead atoms. The average Bonchev–Trinajstić information content (AvgIpc) is 3.83. The summed E-state index contributed by atoms with van der Waals surface area (Å²) in [5.74, 6) is -8.41. The van der Waals surface area contributed by atoms with Crippen LogP contribution in [0.3, 0.4) is 0 Å². The summed E-state index contributed by atoms with van der Waals surface area (Å²) in [6.07, 6.45) is -1.69. The standard InChI is InChI=1S/C42H62N6O12/c1-13-29-42(9)31(30(39(53)58-42)36(43)47-59-25(7)26-18-28(60-46-26)37-44-15-14-16-45-37)22(4)32(49)20(2)19-41(8,54-12)35(23(5)33(50)24(6)38(52)56-29)57-40-34(51)27(48(10)11)17-21(3)55-40/h14-16,18,20-25,27,29-31,34-35,40,51H,13,17,19H2,1-12H3,(H2,43,47)/t20-,21-,22-,23+,24-,25+,27+,29+,30-,31+,34-,35-,40?,41-,42-/m1/s1. The number of carbonyl (C=O) groups excluding carboxylic acids is 4. The first-order valence-corrected chi connectivity index (χ1v) is 20.6. The Hall–Kier alpha value is -4.36. The van der Waals surface area contributed by atoms with Gasteiger partial charge in [0.25, 0.3) is 0 Å². The number of esters is 2. The van der Waals surface area contributed by atoms with E-state index in [1.54, 1.807) is 73.0 Å². The molecule has 0 radical (unpaired) electrons. The lowest BCUT2D eigenvalue weighted by Gasteiger charge is -2.47. The Bertz CT molecular complexity index is 1880. The second-order valence-electron chi connectivity index (χ2n) is 17.2.